The number of nitrogens with zero attached hydrogens (tertiary/aromatic N) is 1. The molecule has 194 valence electrons. The minimum atomic E-state index is -0.589. The lowest BCUT2D eigenvalue weighted by Gasteiger charge is -2.39. The monoisotopic (exact) mass is 497 g/mol. The standard InChI is InChI=1S/C33H39NO3/c1-22-16-19-28(24(3)25-12-8-6-9-13-25)30(20-22)37-33(36)31(34(4)5)29-21-27(18-17-23(29)2)32(35)26-14-10-7-11-15-26/h6-15,17-18,21-22,24,28,30-31H,16,19-20H2,1-5H3/t22-,24-,28+,30-,31+/m1/s1. The molecule has 0 aromatic heterocycles. The second-order valence-electron chi connectivity index (χ2n) is 10.9. The highest BCUT2D eigenvalue weighted by molar-refractivity contribution is 6.09. The van der Waals surface area contributed by atoms with Crippen molar-refractivity contribution in [2.75, 3.05) is 14.1 Å². The van der Waals surface area contributed by atoms with Crippen LogP contribution in [0.15, 0.2) is 78.9 Å². The number of hydrogen-bond donors (Lipinski definition) is 0. The van der Waals surface area contributed by atoms with E-state index in [9.17, 15) is 9.59 Å². The van der Waals surface area contributed by atoms with E-state index in [1.807, 2.05) is 80.5 Å². The number of ether oxygens (including phenoxy) is 1. The molecule has 5 atom stereocenters. The molecule has 0 N–H and O–H groups in total. The Bertz CT molecular complexity index is 1200. The highest BCUT2D eigenvalue weighted by Gasteiger charge is 2.38. The molecule has 0 aliphatic heterocycles. The van der Waals surface area contributed by atoms with Crippen molar-refractivity contribution in [3.8, 4) is 0 Å². The zero-order chi connectivity index (χ0) is 26.5. The predicted molar refractivity (Wildman–Crippen MR) is 149 cm³/mol. The number of likely N-dealkylation sites (N-methyl/N-ethyl adjacent to an activating group) is 1. The van der Waals surface area contributed by atoms with Crippen molar-refractivity contribution < 1.29 is 14.3 Å². The second-order valence-corrected chi connectivity index (χ2v) is 10.9. The number of benzene rings is 3. The zero-order valence-electron chi connectivity index (χ0n) is 22.7. The fourth-order valence-electron chi connectivity index (χ4n) is 5.73. The normalized spacial score (nSPS) is 21.3. The van der Waals surface area contributed by atoms with E-state index in [1.54, 1.807) is 0 Å². The highest BCUT2D eigenvalue weighted by atomic mass is 16.5. The Morgan fingerprint density at radius 1 is 0.892 bits per heavy atom. The van der Waals surface area contributed by atoms with Gasteiger partial charge in [-0.05, 0) is 68.5 Å². The minimum absolute atomic E-state index is 0.0504. The molecule has 3 aromatic rings. The van der Waals surface area contributed by atoms with Gasteiger partial charge in [-0.25, -0.2) is 4.79 Å². The van der Waals surface area contributed by atoms with E-state index in [0.29, 0.717) is 23.0 Å². The highest BCUT2D eigenvalue weighted by Crippen LogP contribution is 2.40. The molecule has 3 aromatic carbocycles. The number of ketones is 1. The molecule has 1 aliphatic carbocycles. The third-order valence-electron chi connectivity index (χ3n) is 7.95. The molecule has 0 spiro atoms. The van der Waals surface area contributed by atoms with Gasteiger partial charge in [0.05, 0.1) is 0 Å². The Kier molecular flexibility index (Phi) is 8.60. The van der Waals surface area contributed by atoms with Crippen molar-refractivity contribution in [2.45, 2.75) is 58.1 Å². The molecule has 0 radical (unpaired) electrons. The van der Waals surface area contributed by atoms with E-state index in [2.05, 4.69) is 38.1 Å². The summed E-state index contributed by atoms with van der Waals surface area (Å²) in [4.78, 5) is 28.9. The van der Waals surface area contributed by atoms with Crippen LogP contribution in [0.2, 0.25) is 0 Å². The maximum atomic E-state index is 13.8. The van der Waals surface area contributed by atoms with Crippen LogP contribution in [0.3, 0.4) is 0 Å². The summed E-state index contributed by atoms with van der Waals surface area (Å²) in [5, 5.41) is 0. The van der Waals surface area contributed by atoms with Gasteiger partial charge in [0.2, 0.25) is 0 Å². The molecule has 0 unspecified atom stereocenters. The Morgan fingerprint density at radius 2 is 1.54 bits per heavy atom. The first-order chi connectivity index (χ1) is 17.8. The smallest absolute Gasteiger partial charge is 0.328 e. The average molecular weight is 498 g/mol. The summed E-state index contributed by atoms with van der Waals surface area (Å²) in [6.45, 7) is 6.48. The summed E-state index contributed by atoms with van der Waals surface area (Å²) in [6, 6.07) is 24.8. The topological polar surface area (TPSA) is 46.6 Å². The number of aryl methyl sites for hydroxylation is 1. The van der Waals surface area contributed by atoms with Gasteiger partial charge in [0, 0.05) is 17.0 Å². The summed E-state index contributed by atoms with van der Waals surface area (Å²) in [7, 11) is 3.79. The lowest BCUT2D eigenvalue weighted by molar-refractivity contribution is -0.161. The van der Waals surface area contributed by atoms with Crippen molar-refractivity contribution in [3.05, 3.63) is 107 Å². The van der Waals surface area contributed by atoms with E-state index >= 15 is 0 Å². The van der Waals surface area contributed by atoms with Crippen LogP contribution in [0.5, 0.6) is 0 Å². The van der Waals surface area contributed by atoms with Crippen LogP contribution in [-0.4, -0.2) is 36.9 Å². The van der Waals surface area contributed by atoms with Crippen LogP contribution in [0.25, 0.3) is 0 Å². The van der Waals surface area contributed by atoms with Crippen LogP contribution < -0.4 is 0 Å². The fourth-order valence-corrected chi connectivity index (χ4v) is 5.73. The molecule has 0 saturated heterocycles. The second kappa shape index (κ2) is 11.9. The maximum absolute atomic E-state index is 13.8. The maximum Gasteiger partial charge on any atom is 0.328 e. The third kappa shape index (κ3) is 6.19. The summed E-state index contributed by atoms with van der Waals surface area (Å²) < 4.78 is 6.37. The van der Waals surface area contributed by atoms with E-state index in [0.717, 1.165) is 30.4 Å². The lowest BCUT2D eigenvalue weighted by Crippen LogP contribution is -2.39. The summed E-state index contributed by atoms with van der Waals surface area (Å²) >= 11 is 0. The van der Waals surface area contributed by atoms with Gasteiger partial charge in [-0.2, -0.15) is 0 Å². The molecular weight excluding hydrogens is 458 g/mol. The van der Waals surface area contributed by atoms with Gasteiger partial charge < -0.3 is 4.74 Å². The molecule has 1 saturated carbocycles. The SMILES string of the molecule is Cc1ccc(C(=O)c2ccccc2)cc1[C@@H](C(=O)O[C@@H]1C[C@H](C)CC[C@H]1[C@H](C)c1ccccc1)N(C)C. The van der Waals surface area contributed by atoms with Crippen LogP contribution in [0, 0.1) is 18.8 Å². The van der Waals surface area contributed by atoms with Crippen LogP contribution >= 0.6 is 0 Å². The van der Waals surface area contributed by atoms with Gasteiger partial charge in [-0.1, -0.05) is 93.1 Å². The summed E-state index contributed by atoms with van der Waals surface area (Å²) in [5.41, 5.74) is 4.28. The molecule has 4 heteroatoms. The largest absolute Gasteiger partial charge is 0.461 e. The fraction of sp³-hybridized carbons (Fsp3) is 0.394. The van der Waals surface area contributed by atoms with Crippen LogP contribution in [0.4, 0.5) is 0 Å². The van der Waals surface area contributed by atoms with E-state index in [1.165, 1.54) is 5.56 Å². The molecule has 0 heterocycles. The quantitative estimate of drug-likeness (QED) is 0.249. The Morgan fingerprint density at radius 3 is 2.19 bits per heavy atom. The van der Waals surface area contributed by atoms with Crippen LogP contribution in [-0.2, 0) is 9.53 Å². The Labute approximate surface area is 221 Å². The van der Waals surface area contributed by atoms with Gasteiger partial charge in [0.1, 0.15) is 12.1 Å². The van der Waals surface area contributed by atoms with Crippen molar-refractivity contribution >= 4 is 11.8 Å². The molecule has 0 amide bonds. The first kappa shape index (κ1) is 26.8. The number of carbonyl (C=O) groups is 2. The molecule has 37 heavy (non-hydrogen) atoms. The van der Waals surface area contributed by atoms with Gasteiger partial charge in [-0.15, -0.1) is 0 Å². The summed E-state index contributed by atoms with van der Waals surface area (Å²) in [5.74, 6) is 0.797. The number of esters is 1. The lowest BCUT2D eigenvalue weighted by atomic mass is 9.73. The van der Waals surface area contributed by atoms with Gasteiger partial charge >= 0.3 is 5.97 Å². The number of rotatable bonds is 8. The van der Waals surface area contributed by atoms with E-state index in [4.69, 9.17) is 4.74 Å². The average Bonchev–Trinajstić information content (AvgIpc) is 2.90. The Balaban J connectivity index is 1.60. The molecule has 0 bridgehead atoms. The molecule has 4 rings (SSSR count). The molecule has 4 nitrogen and oxygen atoms in total. The van der Waals surface area contributed by atoms with E-state index in [-0.39, 0.29) is 23.8 Å². The van der Waals surface area contributed by atoms with Crippen molar-refractivity contribution in [1.82, 2.24) is 4.90 Å². The third-order valence-corrected chi connectivity index (χ3v) is 7.95. The number of hydrogen-bond acceptors (Lipinski definition) is 4. The minimum Gasteiger partial charge on any atom is -0.461 e. The molecule has 1 fully saturated rings. The number of carbonyl (C=O) groups excluding carboxylic acids is 2. The van der Waals surface area contributed by atoms with E-state index < -0.39 is 6.04 Å². The summed E-state index contributed by atoms with van der Waals surface area (Å²) in [6.07, 6.45) is 2.93. The van der Waals surface area contributed by atoms with Gasteiger partial charge in [0.15, 0.2) is 5.78 Å². The zero-order valence-corrected chi connectivity index (χ0v) is 22.7. The predicted octanol–water partition coefficient (Wildman–Crippen LogP) is 6.98. The first-order valence-electron chi connectivity index (χ1n) is 13.4. The van der Waals surface area contributed by atoms with Gasteiger partial charge in [-0.3, -0.25) is 9.69 Å². The van der Waals surface area contributed by atoms with Crippen molar-refractivity contribution in [1.29, 1.82) is 0 Å². The molecular formula is C33H39NO3. The Hall–Kier alpha value is -3.24. The van der Waals surface area contributed by atoms with Gasteiger partial charge in [0.25, 0.3) is 0 Å². The van der Waals surface area contributed by atoms with Crippen molar-refractivity contribution in [3.63, 3.8) is 0 Å². The first-order valence-corrected chi connectivity index (χ1v) is 13.4. The van der Waals surface area contributed by atoms with Crippen LogP contribution in [0.1, 0.15) is 77.7 Å². The van der Waals surface area contributed by atoms with Crippen molar-refractivity contribution in [2.24, 2.45) is 11.8 Å². The molecule has 1 aliphatic rings.